The summed E-state index contributed by atoms with van der Waals surface area (Å²) in [5.74, 6) is 3.02. The second kappa shape index (κ2) is 6.53. The molecule has 1 fully saturated rings. The normalized spacial score (nSPS) is 19.5. The quantitative estimate of drug-likeness (QED) is 0.893. The lowest BCUT2D eigenvalue weighted by molar-refractivity contribution is 0.229. The van der Waals surface area contributed by atoms with Crippen molar-refractivity contribution in [2.45, 2.75) is 25.4 Å². The number of thioether (sulfide) groups is 1. The molecule has 1 aliphatic rings. The average molecular weight is 273 g/mol. The van der Waals surface area contributed by atoms with E-state index in [0.717, 1.165) is 36.3 Å². The summed E-state index contributed by atoms with van der Waals surface area (Å²) in [6.45, 7) is 0.217. The minimum atomic E-state index is 0.217. The van der Waals surface area contributed by atoms with Crippen LogP contribution in [0, 0.1) is 0 Å². The molecule has 0 amide bonds. The fraction of sp³-hybridized carbons (Fsp3) is 0.538. The molecule has 0 aromatic heterocycles. The summed E-state index contributed by atoms with van der Waals surface area (Å²) in [4.78, 5) is 0. The van der Waals surface area contributed by atoms with Gasteiger partial charge in [-0.1, -0.05) is 17.7 Å². The largest absolute Gasteiger partial charge is 0.488 e. The third-order valence-electron chi connectivity index (χ3n) is 2.80. The lowest BCUT2D eigenvalue weighted by Crippen LogP contribution is -2.14. The summed E-state index contributed by atoms with van der Waals surface area (Å²) in [5, 5.41) is 9.46. The molecule has 1 aromatic rings. The van der Waals surface area contributed by atoms with Gasteiger partial charge in [-0.25, -0.2) is 0 Å². The van der Waals surface area contributed by atoms with Gasteiger partial charge < -0.3 is 9.84 Å². The predicted molar refractivity (Wildman–Crippen MR) is 73.2 cm³/mol. The van der Waals surface area contributed by atoms with Crippen LogP contribution >= 0.6 is 23.4 Å². The van der Waals surface area contributed by atoms with E-state index >= 15 is 0 Å². The van der Waals surface area contributed by atoms with E-state index in [1.165, 1.54) is 5.75 Å². The molecule has 17 heavy (non-hydrogen) atoms. The van der Waals surface area contributed by atoms with Crippen molar-refractivity contribution >= 4 is 23.4 Å². The van der Waals surface area contributed by atoms with Crippen molar-refractivity contribution in [2.75, 3.05) is 18.1 Å². The maximum absolute atomic E-state index is 8.78. The van der Waals surface area contributed by atoms with Gasteiger partial charge in [0.15, 0.2) is 0 Å². The number of rotatable bonds is 5. The van der Waals surface area contributed by atoms with Gasteiger partial charge >= 0.3 is 0 Å². The molecule has 1 aliphatic heterocycles. The summed E-state index contributed by atoms with van der Waals surface area (Å²) >= 11 is 8.12. The summed E-state index contributed by atoms with van der Waals surface area (Å²) in [5.41, 5.74) is 1.15. The van der Waals surface area contributed by atoms with E-state index in [0.29, 0.717) is 11.1 Å². The lowest BCUT2D eigenvalue weighted by atomic mass is 10.1. The van der Waals surface area contributed by atoms with Crippen molar-refractivity contribution in [3.05, 3.63) is 28.8 Å². The molecule has 0 bridgehead atoms. The first-order valence-corrected chi connectivity index (χ1v) is 7.46. The van der Waals surface area contributed by atoms with Gasteiger partial charge in [-0.3, -0.25) is 0 Å². The van der Waals surface area contributed by atoms with E-state index in [9.17, 15) is 0 Å². The summed E-state index contributed by atoms with van der Waals surface area (Å²) in [7, 11) is 0. The molecule has 1 unspecified atom stereocenters. The SMILES string of the molecule is OCCCc1ccc(OC2CCSC2)c(Cl)c1. The second-order valence-electron chi connectivity index (χ2n) is 4.20. The highest BCUT2D eigenvalue weighted by Crippen LogP contribution is 2.30. The Morgan fingerprint density at radius 3 is 3.00 bits per heavy atom. The predicted octanol–water partition coefficient (Wildman–Crippen LogP) is 3.15. The molecular weight excluding hydrogens is 256 g/mol. The van der Waals surface area contributed by atoms with Gasteiger partial charge in [0, 0.05) is 12.4 Å². The third-order valence-corrected chi connectivity index (χ3v) is 4.23. The Bertz CT molecular complexity index is 364. The first-order chi connectivity index (χ1) is 8.29. The maximum Gasteiger partial charge on any atom is 0.138 e. The van der Waals surface area contributed by atoms with E-state index in [-0.39, 0.29) is 6.61 Å². The number of aryl methyl sites for hydroxylation is 1. The van der Waals surface area contributed by atoms with Crippen LogP contribution in [-0.2, 0) is 6.42 Å². The minimum Gasteiger partial charge on any atom is -0.488 e. The standard InChI is InChI=1S/C13H17ClO2S/c14-12-8-10(2-1-6-15)3-4-13(12)16-11-5-7-17-9-11/h3-4,8,11,15H,1-2,5-7,9H2. The smallest absolute Gasteiger partial charge is 0.138 e. The molecule has 4 heteroatoms. The third kappa shape index (κ3) is 3.80. The van der Waals surface area contributed by atoms with Crippen LogP contribution in [0.1, 0.15) is 18.4 Å². The van der Waals surface area contributed by atoms with Crippen molar-refractivity contribution in [1.82, 2.24) is 0 Å². The molecule has 2 nitrogen and oxygen atoms in total. The van der Waals surface area contributed by atoms with Gasteiger partial charge in [-0.05, 0) is 42.7 Å². The molecule has 1 aromatic carbocycles. The number of hydrogen-bond donors (Lipinski definition) is 1. The molecule has 0 radical (unpaired) electrons. The Labute approximate surface area is 111 Å². The number of aliphatic hydroxyl groups excluding tert-OH is 1. The van der Waals surface area contributed by atoms with Crippen LogP contribution in [0.5, 0.6) is 5.75 Å². The number of aliphatic hydroxyl groups is 1. The summed E-state index contributed by atoms with van der Waals surface area (Å²) in [6.07, 6.45) is 3.04. The first kappa shape index (κ1) is 13.1. The lowest BCUT2D eigenvalue weighted by Gasteiger charge is -2.14. The molecule has 0 saturated carbocycles. The van der Waals surface area contributed by atoms with Crippen molar-refractivity contribution in [1.29, 1.82) is 0 Å². The van der Waals surface area contributed by atoms with E-state index in [2.05, 4.69) is 0 Å². The Morgan fingerprint density at radius 2 is 2.35 bits per heavy atom. The second-order valence-corrected chi connectivity index (χ2v) is 5.75. The molecule has 1 heterocycles. The highest BCUT2D eigenvalue weighted by atomic mass is 35.5. The zero-order valence-corrected chi connectivity index (χ0v) is 11.3. The highest BCUT2D eigenvalue weighted by Gasteiger charge is 2.18. The molecule has 1 N–H and O–H groups in total. The van der Waals surface area contributed by atoms with Crippen molar-refractivity contribution in [3.63, 3.8) is 0 Å². The molecular formula is C13H17ClO2S. The van der Waals surface area contributed by atoms with Crippen LogP contribution in [0.15, 0.2) is 18.2 Å². The summed E-state index contributed by atoms with van der Waals surface area (Å²) < 4.78 is 5.86. The Hall–Kier alpha value is -0.380. The van der Waals surface area contributed by atoms with Crippen molar-refractivity contribution in [3.8, 4) is 5.75 Å². The number of benzene rings is 1. The van der Waals surface area contributed by atoms with Gasteiger partial charge in [0.1, 0.15) is 11.9 Å². The number of hydrogen-bond acceptors (Lipinski definition) is 3. The maximum atomic E-state index is 8.78. The van der Waals surface area contributed by atoms with E-state index in [1.807, 2.05) is 30.0 Å². The van der Waals surface area contributed by atoms with Crippen LogP contribution in [-0.4, -0.2) is 29.3 Å². The molecule has 1 atom stereocenters. The summed E-state index contributed by atoms with van der Waals surface area (Å²) in [6, 6.07) is 5.91. The van der Waals surface area contributed by atoms with E-state index in [4.69, 9.17) is 21.4 Å². The van der Waals surface area contributed by atoms with Crippen LogP contribution < -0.4 is 4.74 Å². The van der Waals surface area contributed by atoms with Crippen molar-refractivity contribution in [2.24, 2.45) is 0 Å². The molecule has 0 spiro atoms. The van der Waals surface area contributed by atoms with Crippen molar-refractivity contribution < 1.29 is 9.84 Å². The Morgan fingerprint density at radius 1 is 1.47 bits per heavy atom. The molecule has 2 rings (SSSR count). The van der Waals surface area contributed by atoms with Crippen LogP contribution in [0.2, 0.25) is 5.02 Å². The number of ether oxygens (including phenoxy) is 1. The van der Waals surface area contributed by atoms with Gasteiger partial charge in [-0.2, -0.15) is 11.8 Å². The van der Waals surface area contributed by atoms with Gasteiger partial charge in [0.05, 0.1) is 5.02 Å². The first-order valence-electron chi connectivity index (χ1n) is 5.93. The monoisotopic (exact) mass is 272 g/mol. The molecule has 94 valence electrons. The highest BCUT2D eigenvalue weighted by molar-refractivity contribution is 7.99. The van der Waals surface area contributed by atoms with E-state index < -0.39 is 0 Å². The topological polar surface area (TPSA) is 29.5 Å². The fourth-order valence-electron chi connectivity index (χ4n) is 1.86. The average Bonchev–Trinajstić information content (AvgIpc) is 2.82. The zero-order valence-electron chi connectivity index (χ0n) is 9.69. The minimum absolute atomic E-state index is 0.217. The van der Waals surface area contributed by atoms with Crippen LogP contribution in [0.25, 0.3) is 0 Å². The van der Waals surface area contributed by atoms with Gasteiger partial charge in [0.2, 0.25) is 0 Å². The van der Waals surface area contributed by atoms with Gasteiger partial charge in [0.25, 0.3) is 0 Å². The molecule has 1 saturated heterocycles. The Kier molecular flexibility index (Phi) is 5.01. The van der Waals surface area contributed by atoms with E-state index in [1.54, 1.807) is 0 Å². The fourth-order valence-corrected chi connectivity index (χ4v) is 3.21. The van der Waals surface area contributed by atoms with Crippen LogP contribution in [0.4, 0.5) is 0 Å². The Balaban J connectivity index is 1.98. The number of halogens is 1. The van der Waals surface area contributed by atoms with Gasteiger partial charge in [-0.15, -0.1) is 0 Å². The molecule has 0 aliphatic carbocycles. The van der Waals surface area contributed by atoms with Crippen LogP contribution in [0.3, 0.4) is 0 Å². The zero-order chi connectivity index (χ0) is 12.1.